The quantitative estimate of drug-likeness (QED) is 0.149. The SMILES string of the molecule is CC1(C)c2ccccc2-c2cc(-c3ccc4c5ccccc5c5cc6c(cc5c4c3)c3cc(-c4ccccc4)ccc3n6-c3cc(-c4ccc(-c5ccccc5)cc4)nc(-c4ccc(-c5ccccc5)cc4)n3)ccc21. The molecule has 2 aromatic heterocycles. The van der Waals surface area contributed by atoms with E-state index in [0.717, 1.165) is 50.2 Å². The molecule has 0 radical (unpaired) electrons. The van der Waals surface area contributed by atoms with Crippen molar-refractivity contribution in [1.82, 2.24) is 14.5 Å². The summed E-state index contributed by atoms with van der Waals surface area (Å²) in [7, 11) is 0. The predicted molar refractivity (Wildman–Crippen MR) is 319 cm³/mol. The van der Waals surface area contributed by atoms with Crippen LogP contribution in [0, 0.1) is 0 Å². The minimum Gasteiger partial charge on any atom is -0.294 e. The van der Waals surface area contributed by atoms with Crippen LogP contribution in [-0.4, -0.2) is 14.5 Å². The van der Waals surface area contributed by atoms with Gasteiger partial charge in [0.2, 0.25) is 0 Å². The molecule has 0 fully saturated rings. The normalized spacial score (nSPS) is 12.7. The number of benzene rings is 12. The second-order valence-corrected chi connectivity index (χ2v) is 20.9. The maximum absolute atomic E-state index is 5.56. The Morgan fingerprint density at radius 3 is 1.42 bits per heavy atom. The van der Waals surface area contributed by atoms with Crippen molar-refractivity contribution in [2.75, 3.05) is 0 Å². The van der Waals surface area contributed by atoms with Crippen molar-refractivity contribution in [1.29, 1.82) is 0 Å². The monoisotopic (exact) mass is 967 g/mol. The molecule has 76 heavy (non-hydrogen) atoms. The van der Waals surface area contributed by atoms with Crippen LogP contribution in [-0.2, 0) is 5.41 Å². The van der Waals surface area contributed by atoms with Gasteiger partial charge in [-0.1, -0.05) is 232 Å². The van der Waals surface area contributed by atoms with Gasteiger partial charge in [-0.3, -0.25) is 4.57 Å². The van der Waals surface area contributed by atoms with Crippen molar-refractivity contribution in [3.05, 3.63) is 272 Å². The first kappa shape index (κ1) is 43.8. The fraction of sp³-hybridized carbons (Fsp3) is 0.0411. The van der Waals surface area contributed by atoms with Gasteiger partial charge in [0, 0.05) is 33.4 Å². The molecule has 0 atom stereocenters. The summed E-state index contributed by atoms with van der Waals surface area (Å²) in [6.07, 6.45) is 0. The van der Waals surface area contributed by atoms with Gasteiger partial charge in [-0.15, -0.1) is 0 Å². The Kier molecular flexibility index (Phi) is 9.92. The molecule has 3 nitrogen and oxygen atoms in total. The average molecular weight is 968 g/mol. The van der Waals surface area contributed by atoms with Crippen LogP contribution in [0.25, 0.3) is 138 Å². The standard InChI is InChI=1S/C73H49N3/c1-73(2)66-25-15-14-24-59(66)63-41-55(35-38-67(63)73)54-34-37-58-56-22-12-13-23-57(56)62-44-70-65(43-61(62)60(58)40-54)64-42-53(48-20-10-5-11-21-48)36-39-69(64)76(70)71-45-68(51-30-26-49(27-31-51)46-16-6-3-7-17-46)74-72(75-71)52-32-28-50(29-33-52)47-18-8-4-9-19-47/h3-45H,1-2H3. The Hall–Kier alpha value is -9.70. The van der Waals surface area contributed by atoms with E-state index in [0.29, 0.717) is 5.82 Å². The summed E-state index contributed by atoms with van der Waals surface area (Å²) in [5, 5.41) is 9.69. The van der Waals surface area contributed by atoms with Crippen LogP contribution in [0.2, 0.25) is 0 Å². The van der Waals surface area contributed by atoms with Crippen LogP contribution >= 0.6 is 0 Å². The van der Waals surface area contributed by atoms with E-state index in [1.807, 2.05) is 0 Å². The van der Waals surface area contributed by atoms with E-state index in [9.17, 15) is 0 Å². The highest BCUT2D eigenvalue weighted by Crippen LogP contribution is 2.50. The number of fused-ring (bicyclic) bond motifs is 12. The molecule has 0 amide bonds. The number of rotatable bonds is 7. The van der Waals surface area contributed by atoms with Crippen LogP contribution in [0.15, 0.2) is 261 Å². The molecule has 1 aliphatic rings. The Morgan fingerprint density at radius 2 is 0.724 bits per heavy atom. The molecule has 0 aliphatic heterocycles. The van der Waals surface area contributed by atoms with Crippen LogP contribution in [0.1, 0.15) is 25.0 Å². The predicted octanol–water partition coefficient (Wildman–Crippen LogP) is 19.3. The van der Waals surface area contributed by atoms with E-state index in [1.165, 1.54) is 93.3 Å². The van der Waals surface area contributed by atoms with Crippen molar-refractivity contribution in [2.24, 2.45) is 0 Å². The van der Waals surface area contributed by atoms with Crippen molar-refractivity contribution < 1.29 is 0 Å². The first-order valence-corrected chi connectivity index (χ1v) is 26.3. The second kappa shape index (κ2) is 17.2. The molecular formula is C73H49N3. The van der Waals surface area contributed by atoms with Gasteiger partial charge in [0.05, 0.1) is 16.7 Å². The molecule has 0 N–H and O–H groups in total. The topological polar surface area (TPSA) is 30.7 Å². The molecular weight excluding hydrogens is 919 g/mol. The summed E-state index contributed by atoms with van der Waals surface area (Å²) in [5.74, 6) is 1.47. The van der Waals surface area contributed by atoms with Crippen LogP contribution in [0.5, 0.6) is 0 Å². The highest BCUT2D eigenvalue weighted by molar-refractivity contribution is 6.29. The molecule has 0 saturated heterocycles. The third-order valence-corrected chi connectivity index (χ3v) is 16.2. The van der Waals surface area contributed by atoms with Crippen molar-refractivity contribution in [2.45, 2.75) is 19.3 Å². The lowest BCUT2D eigenvalue weighted by Crippen LogP contribution is -2.14. The van der Waals surface area contributed by atoms with E-state index >= 15 is 0 Å². The number of nitrogens with zero attached hydrogens (tertiary/aromatic N) is 3. The molecule has 356 valence electrons. The Balaban J connectivity index is 0.978. The Bertz CT molecular complexity index is 4510. The third-order valence-electron chi connectivity index (χ3n) is 16.2. The van der Waals surface area contributed by atoms with Gasteiger partial charge in [0.25, 0.3) is 0 Å². The molecule has 15 rings (SSSR count). The smallest absolute Gasteiger partial charge is 0.162 e. The third kappa shape index (κ3) is 7.04. The lowest BCUT2D eigenvalue weighted by atomic mass is 9.82. The zero-order valence-electron chi connectivity index (χ0n) is 42.2. The number of hydrogen-bond donors (Lipinski definition) is 0. The zero-order chi connectivity index (χ0) is 50.5. The molecule has 0 bridgehead atoms. The largest absolute Gasteiger partial charge is 0.294 e. The number of hydrogen-bond acceptors (Lipinski definition) is 2. The first-order chi connectivity index (χ1) is 37.4. The second-order valence-electron chi connectivity index (χ2n) is 20.9. The summed E-state index contributed by atoms with van der Waals surface area (Å²) in [5.41, 5.74) is 19.8. The molecule has 0 spiro atoms. The highest BCUT2D eigenvalue weighted by atomic mass is 15.1. The average Bonchev–Trinajstić information content (AvgIpc) is 4.07. The van der Waals surface area contributed by atoms with E-state index in [4.69, 9.17) is 9.97 Å². The van der Waals surface area contributed by atoms with E-state index in [2.05, 4.69) is 279 Å². The molecule has 2 heterocycles. The minimum atomic E-state index is -0.0505. The summed E-state index contributed by atoms with van der Waals surface area (Å²) >= 11 is 0. The van der Waals surface area contributed by atoms with Gasteiger partial charge >= 0.3 is 0 Å². The van der Waals surface area contributed by atoms with Gasteiger partial charge < -0.3 is 0 Å². The molecule has 12 aromatic carbocycles. The maximum Gasteiger partial charge on any atom is 0.162 e. The number of aromatic nitrogens is 3. The van der Waals surface area contributed by atoms with Gasteiger partial charge in [-0.2, -0.15) is 0 Å². The van der Waals surface area contributed by atoms with Gasteiger partial charge in [-0.05, 0) is 135 Å². The summed E-state index contributed by atoms with van der Waals surface area (Å²) < 4.78 is 2.38. The van der Waals surface area contributed by atoms with Crippen LogP contribution in [0.4, 0.5) is 0 Å². The molecule has 3 heteroatoms. The lowest BCUT2D eigenvalue weighted by molar-refractivity contribution is 0.660. The van der Waals surface area contributed by atoms with Crippen molar-refractivity contribution in [3.63, 3.8) is 0 Å². The van der Waals surface area contributed by atoms with Crippen molar-refractivity contribution >= 4 is 54.1 Å². The lowest BCUT2D eigenvalue weighted by Gasteiger charge is -2.21. The molecule has 1 aliphatic carbocycles. The van der Waals surface area contributed by atoms with Gasteiger partial charge in [0.15, 0.2) is 5.82 Å². The van der Waals surface area contributed by atoms with E-state index < -0.39 is 0 Å². The fourth-order valence-corrected chi connectivity index (χ4v) is 12.3. The van der Waals surface area contributed by atoms with Crippen LogP contribution < -0.4 is 0 Å². The Labute approximate surface area is 441 Å². The van der Waals surface area contributed by atoms with Crippen LogP contribution in [0.3, 0.4) is 0 Å². The van der Waals surface area contributed by atoms with E-state index in [-0.39, 0.29) is 5.41 Å². The minimum absolute atomic E-state index is 0.0505. The van der Waals surface area contributed by atoms with Gasteiger partial charge in [-0.25, -0.2) is 9.97 Å². The molecule has 0 unspecified atom stereocenters. The summed E-state index contributed by atoms with van der Waals surface area (Å²) in [6, 6.07) is 95.3. The summed E-state index contributed by atoms with van der Waals surface area (Å²) in [4.78, 5) is 10.9. The Morgan fingerprint density at radius 1 is 0.276 bits per heavy atom. The molecule has 0 saturated carbocycles. The zero-order valence-corrected chi connectivity index (χ0v) is 42.2. The highest BCUT2D eigenvalue weighted by Gasteiger charge is 2.35. The maximum atomic E-state index is 5.56. The fourth-order valence-electron chi connectivity index (χ4n) is 12.3. The van der Waals surface area contributed by atoms with Gasteiger partial charge in [0.1, 0.15) is 5.82 Å². The molecule has 14 aromatic rings. The summed E-state index contributed by atoms with van der Waals surface area (Å²) in [6.45, 7) is 4.70. The first-order valence-electron chi connectivity index (χ1n) is 26.3. The van der Waals surface area contributed by atoms with E-state index in [1.54, 1.807) is 0 Å². The van der Waals surface area contributed by atoms with Crippen molar-refractivity contribution in [3.8, 4) is 84.1 Å².